The van der Waals surface area contributed by atoms with Gasteiger partial charge in [0.1, 0.15) is 0 Å². The van der Waals surface area contributed by atoms with E-state index in [2.05, 4.69) is 311 Å². The van der Waals surface area contributed by atoms with Crippen LogP contribution in [0, 0.1) is 22.7 Å². The Kier molecular flexibility index (Phi) is 16.5. The molecule has 0 spiro atoms. The molecule has 428 valence electrons. The molecule has 14 aromatic carbocycles. The molecule has 0 N–H and O–H groups in total. The van der Waals surface area contributed by atoms with Crippen molar-refractivity contribution in [3.63, 3.8) is 0 Å². The lowest BCUT2D eigenvalue weighted by molar-refractivity contribution is 1.21. The fraction of sp³-hybridized carbons (Fsp3) is 0.0238. The molecule has 0 bridgehead atoms. The lowest BCUT2D eigenvalue weighted by atomic mass is 10.0. The molecule has 0 unspecified atom stereocenters. The van der Waals surface area contributed by atoms with E-state index in [1.54, 1.807) is 0 Å². The first-order valence-electron chi connectivity index (χ1n) is 30.1. The van der Waals surface area contributed by atoms with Crippen LogP contribution in [0.15, 0.2) is 340 Å². The van der Waals surface area contributed by atoms with Gasteiger partial charge in [-0.25, -0.2) is 0 Å². The maximum absolute atomic E-state index is 9.28. The van der Waals surface area contributed by atoms with Gasteiger partial charge >= 0.3 is 0 Å². The first-order chi connectivity index (χ1) is 44.3. The summed E-state index contributed by atoms with van der Waals surface area (Å²) in [5.41, 5.74) is 21.5. The van der Waals surface area contributed by atoms with Crippen molar-refractivity contribution in [3.05, 3.63) is 351 Å². The average molecular weight is 1160 g/mol. The van der Waals surface area contributed by atoms with Gasteiger partial charge in [-0.3, -0.25) is 0 Å². The molecule has 0 aromatic heterocycles. The van der Waals surface area contributed by atoms with Crippen molar-refractivity contribution in [1.29, 1.82) is 10.5 Å². The largest absolute Gasteiger partial charge is 0.345 e. The van der Waals surface area contributed by atoms with Crippen LogP contribution in [-0.2, 0) is 0 Å². The van der Waals surface area contributed by atoms with Crippen LogP contribution in [0.4, 0.5) is 56.9 Å². The van der Waals surface area contributed by atoms with Gasteiger partial charge in [-0.05, 0) is 206 Å². The molecule has 0 atom stereocenters. The Hall–Kier alpha value is -12.2. The molecular formula is C84H62N6. The van der Waals surface area contributed by atoms with Gasteiger partial charge < -0.3 is 19.6 Å². The minimum Gasteiger partial charge on any atom is -0.345 e. The topological polar surface area (TPSA) is 60.5 Å². The zero-order valence-electron chi connectivity index (χ0n) is 50.0. The van der Waals surface area contributed by atoms with E-state index in [0.717, 1.165) is 79.1 Å². The van der Waals surface area contributed by atoms with E-state index in [1.807, 2.05) is 74.8 Å². The SMILES string of the molecule is CN(c1ccc(-c2ccc(N(c3ccc(-c4ccccc4)cc3)c3ccc4ccccc4c3)cc2)cc1)c1cccc(C#N)c1.CN(c1ccc(C#N)cc1)c1ccc(-c2ccc(N(c3ccc(-c4ccccc4)cc3)c3ccc4ccccc4c3)cc2)cc1. The summed E-state index contributed by atoms with van der Waals surface area (Å²) < 4.78 is 0. The zero-order valence-corrected chi connectivity index (χ0v) is 50.0. The summed E-state index contributed by atoms with van der Waals surface area (Å²) in [6.45, 7) is 0. The summed E-state index contributed by atoms with van der Waals surface area (Å²) in [4.78, 5) is 8.86. The summed E-state index contributed by atoms with van der Waals surface area (Å²) in [5.74, 6) is 0. The molecule has 0 aliphatic heterocycles. The smallest absolute Gasteiger partial charge is 0.0992 e. The number of fused-ring (bicyclic) bond motifs is 2. The van der Waals surface area contributed by atoms with Crippen LogP contribution in [0.3, 0.4) is 0 Å². The van der Waals surface area contributed by atoms with Crippen molar-refractivity contribution in [3.8, 4) is 56.6 Å². The Morgan fingerprint density at radius 2 is 0.478 bits per heavy atom. The number of rotatable bonds is 14. The third-order valence-electron chi connectivity index (χ3n) is 16.6. The molecule has 14 aromatic rings. The van der Waals surface area contributed by atoms with Crippen molar-refractivity contribution in [2.24, 2.45) is 0 Å². The lowest BCUT2D eigenvalue weighted by Crippen LogP contribution is -2.10. The highest BCUT2D eigenvalue weighted by Crippen LogP contribution is 2.41. The molecule has 14 rings (SSSR count). The summed E-state index contributed by atoms with van der Waals surface area (Å²) >= 11 is 0. The highest BCUT2D eigenvalue weighted by molar-refractivity contribution is 5.92. The summed E-state index contributed by atoms with van der Waals surface area (Å²) in [5, 5.41) is 23.3. The Morgan fingerprint density at radius 1 is 0.200 bits per heavy atom. The van der Waals surface area contributed by atoms with Gasteiger partial charge in [0.15, 0.2) is 0 Å². The molecule has 0 aliphatic carbocycles. The Balaban J connectivity index is 0.000000165. The predicted octanol–water partition coefficient (Wildman–Crippen LogP) is 22.6. The minimum absolute atomic E-state index is 0.654. The van der Waals surface area contributed by atoms with Gasteiger partial charge in [0.05, 0.1) is 23.3 Å². The first kappa shape index (κ1) is 56.9. The lowest BCUT2D eigenvalue weighted by Gasteiger charge is -2.26. The third-order valence-corrected chi connectivity index (χ3v) is 16.6. The number of hydrogen-bond acceptors (Lipinski definition) is 6. The van der Waals surface area contributed by atoms with E-state index in [1.165, 1.54) is 43.8 Å². The molecule has 0 saturated carbocycles. The second kappa shape index (κ2) is 26.2. The molecule has 6 nitrogen and oxygen atoms in total. The minimum atomic E-state index is 0.654. The van der Waals surface area contributed by atoms with Gasteiger partial charge in [0.25, 0.3) is 0 Å². The van der Waals surface area contributed by atoms with Crippen molar-refractivity contribution in [2.75, 3.05) is 33.7 Å². The zero-order chi connectivity index (χ0) is 61.2. The van der Waals surface area contributed by atoms with Crippen LogP contribution in [0.1, 0.15) is 11.1 Å². The number of hydrogen-bond donors (Lipinski definition) is 0. The molecular weight excluding hydrogens is 1090 g/mol. The van der Waals surface area contributed by atoms with Crippen molar-refractivity contribution in [2.45, 2.75) is 0 Å². The summed E-state index contributed by atoms with van der Waals surface area (Å²) in [6, 6.07) is 123. The predicted molar refractivity (Wildman–Crippen MR) is 377 cm³/mol. The number of nitrogens with zero attached hydrogens (tertiary/aromatic N) is 6. The summed E-state index contributed by atoms with van der Waals surface area (Å²) in [6.07, 6.45) is 0. The standard InChI is InChI=1S/2C42H31N3/c1-44(41-13-7-8-31(28-41)30-43)38-21-14-35(15-22-38)36-18-25-40(26-19-36)45(42-27-20-33-11-5-6-12-37(33)29-42)39-23-16-34(17-24-39)32-9-3-2-4-10-32;1-44(38-20-11-31(30-43)12-21-38)39-22-13-35(14-23-39)36-17-26-41(27-18-36)45(42-28-19-33-9-5-6-10-37(33)29-42)40-24-15-34(16-25-40)32-7-3-2-4-8-32/h2*2-29H,1H3. The van der Waals surface area contributed by atoms with Crippen LogP contribution in [0.2, 0.25) is 0 Å². The van der Waals surface area contributed by atoms with E-state index >= 15 is 0 Å². The first-order valence-corrected chi connectivity index (χ1v) is 30.1. The van der Waals surface area contributed by atoms with Gasteiger partial charge in [-0.2, -0.15) is 10.5 Å². The molecule has 0 radical (unpaired) electrons. The number of benzene rings is 14. The second-order valence-electron chi connectivity index (χ2n) is 22.2. The quantitative estimate of drug-likeness (QED) is 0.108. The maximum atomic E-state index is 9.28. The van der Waals surface area contributed by atoms with Crippen LogP contribution in [0.5, 0.6) is 0 Å². The van der Waals surface area contributed by atoms with Gasteiger partial charge in [0.2, 0.25) is 0 Å². The van der Waals surface area contributed by atoms with Crippen molar-refractivity contribution in [1.82, 2.24) is 0 Å². The van der Waals surface area contributed by atoms with Gasteiger partial charge in [-0.15, -0.1) is 0 Å². The molecule has 0 heterocycles. The Bertz CT molecular complexity index is 4820. The van der Waals surface area contributed by atoms with Crippen molar-refractivity contribution < 1.29 is 0 Å². The van der Waals surface area contributed by atoms with E-state index in [4.69, 9.17) is 5.26 Å². The van der Waals surface area contributed by atoms with Crippen LogP contribution >= 0.6 is 0 Å². The van der Waals surface area contributed by atoms with Gasteiger partial charge in [-0.1, -0.05) is 200 Å². The fourth-order valence-electron chi connectivity index (χ4n) is 11.6. The van der Waals surface area contributed by atoms with Crippen LogP contribution in [-0.4, -0.2) is 14.1 Å². The maximum Gasteiger partial charge on any atom is 0.0992 e. The highest BCUT2D eigenvalue weighted by Gasteiger charge is 2.17. The normalized spacial score (nSPS) is 10.8. The molecule has 90 heavy (non-hydrogen) atoms. The number of anilines is 10. The molecule has 0 amide bonds. The average Bonchev–Trinajstić information content (AvgIpc) is 1.20. The second-order valence-corrected chi connectivity index (χ2v) is 22.2. The highest BCUT2D eigenvalue weighted by atomic mass is 15.1. The van der Waals surface area contributed by atoms with Crippen molar-refractivity contribution >= 4 is 78.4 Å². The molecule has 6 heteroatoms. The molecule has 0 saturated heterocycles. The van der Waals surface area contributed by atoms with E-state index in [9.17, 15) is 5.26 Å². The van der Waals surface area contributed by atoms with E-state index < -0.39 is 0 Å². The van der Waals surface area contributed by atoms with Crippen LogP contribution < -0.4 is 19.6 Å². The third kappa shape index (κ3) is 12.5. The van der Waals surface area contributed by atoms with Gasteiger partial charge in [0, 0.05) is 71.0 Å². The Morgan fingerprint density at radius 3 is 0.822 bits per heavy atom. The number of nitriles is 2. The summed E-state index contributed by atoms with van der Waals surface area (Å²) in [7, 11) is 4.06. The van der Waals surface area contributed by atoms with E-state index in [-0.39, 0.29) is 0 Å². The molecule has 0 aliphatic rings. The van der Waals surface area contributed by atoms with E-state index in [0.29, 0.717) is 11.1 Å². The monoisotopic (exact) mass is 1150 g/mol. The Labute approximate surface area is 527 Å². The fourth-order valence-corrected chi connectivity index (χ4v) is 11.6. The molecule has 0 fully saturated rings. The van der Waals surface area contributed by atoms with Crippen LogP contribution in [0.25, 0.3) is 66.1 Å².